The predicted molar refractivity (Wildman–Crippen MR) is 46.6 cm³/mol. The van der Waals surface area contributed by atoms with E-state index in [2.05, 4.69) is 15.4 Å². The highest BCUT2D eigenvalue weighted by Gasteiger charge is 2.06. The van der Waals surface area contributed by atoms with E-state index in [1.165, 1.54) is 6.20 Å². The fourth-order valence-corrected chi connectivity index (χ4v) is 1.27. The highest BCUT2D eigenvalue weighted by Crippen LogP contribution is 2.31. The molecule has 0 radical (unpaired) electrons. The summed E-state index contributed by atoms with van der Waals surface area (Å²) >= 11 is 5.72. The lowest BCUT2D eigenvalue weighted by atomic mass is 10.2. The third-order valence-electron chi connectivity index (χ3n) is 1.64. The Morgan fingerprint density at radius 1 is 1.50 bits per heavy atom. The number of benzene rings is 1. The summed E-state index contributed by atoms with van der Waals surface area (Å²) in [4.78, 5) is 10.4. The third-order valence-corrected chi connectivity index (χ3v) is 1.94. The Bertz CT molecular complexity index is 437. The molecule has 0 bridgehead atoms. The largest absolute Gasteiger partial charge is 0.278 e. The fourth-order valence-electron chi connectivity index (χ4n) is 1.07. The second-order valence-electron chi connectivity index (χ2n) is 2.32. The Hall–Kier alpha value is -1.42. The molecule has 0 unspecified atom stereocenters. The van der Waals surface area contributed by atoms with Crippen molar-refractivity contribution in [3.63, 3.8) is 0 Å². The van der Waals surface area contributed by atoms with Crippen molar-refractivity contribution in [1.29, 1.82) is 0 Å². The van der Waals surface area contributed by atoms with Crippen molar-refractivity contribution in [2.24, 2.45) is 5.18 Å². The van der Waals surface area contributed by atoms with Crippen LogP contribution in [0.3, 0.4) is 0 Å². The normalized spacial score (nSPS) is 10.4. The molecule has 2 aromatic rings. The van der Waals surface area contributed by atoms with Gasteiger partial charge in [0.05, 0.1) is 22.1 Å². The SMILES string of the molecule is O=Nc1c(Cl)ccc2[nH]ncc12. The fraction of sp³-hybridized carbons (Fsp3) is 0. The number of rotatable bonds is 1. The van der Waals surface area contributed by atoms with Gasteiger partial charge in [0.2, 0.25) is 0 Å². The van der Waals surface area contributed by atoms with Gasteiger partial charge in [-0.25, -0.2) is 0 Å². The van der Waals surface area contributed by atoms with Crippen LogP contribution in [0.5, 0.6) is 0 Å². The van der Waals surface area contributed by atoms with Gasteiger partial charge in [-0.2, -0.15) is 5.10 Å². The maximum atomic E-state index is 10.4. The van der Waals surface area contributed by atoms with Crippen molar-refractivity contribution >= 4 is 28.2 Å². The van der Waals surface area contributed by atoms with Crippen LogP contribution in [-0.2, 0) is 0 Å². The predicted octanol–water partition coefficient (Wildman–Crippen LogP) is 2.61. The number of H-pyrrole nitrogens is 1. The van der Waals surface area contributed by atoms with E-state index in [1.54, 1.807) is 12.1 Å². The van der Waals surface area contributed by atoms with Crippen molar-refractivity contribution in [2.45, 2.75) is 0 Å². The molecule has 0 amide bonds. The minimum absolute atomic E-state index is 0.239. The molecule has 2 rings (SSSR count). The lowest BCUT2D eigenvalue weighted by Gasteiger charge is -1.93. The first-order valence-corrected chi connectivity index (χ1v) is 3.65. The van der Waals surface area contributed by atoms with Crippen molar-refractivity contribution in [3.05, 3.63) is 28.3 Å². The molecule has 0 atom stereocenters. The molecular formula is C7H4ClN3O. The van der Waals surface area contributed by atoms with Crippen molar-refractivity contribution < 1.29 is 0 Å². The highest BCUT2D eigenvalue weighted by molar-refractivity contribution is 6.34. The molecule has 0 saturated carbocycles. The first-order chi connectivity index (χ1) is 5.83. The van der Waals surface area contributed by atoms with E-state index in [4.69, 9.17) is 11.6 Å². The molecule has 4 nitrogen and oxygen atoms in total. The number of nitroso groups, excluding NO2 is 1. The van der Waals surface area contributed by atoms with E-state index in [9.17, 15) is 4.91 Å². The van der Waals surface area contributed by atoms with Gasteiger partial charge >= 0.3 is 0 Å². The average Bonchev–Trinajstić information content (AvgIpc) is 2.52. The summed E-state index contributed by atoms with van der Waals surface area (Å²) in [5.41, 5.74) is 0.997. The van der Waals surface area contributed by atoms with Crippen molar-refractivity contribution in [2.75, 3.05) is 0 Å². The van der Waals surface area contributed by atoms with Crippen LogP contribution in [0.1, 0.15) is 0 Å². The van der Waals surface area contributed by atoms with Gasteiger partial charge in [0, 0.05) is 0 Å². The van der Waals surface area contributed by atoms with Crippen LogP contribution < -0.4 is 0 Å². The van der Waals surface area contributed by atoms with Gasteiger partial charge in [0.15, 0.2) is 0 Å². The van der Waals surface area contributed by atoms with Crippen molar-refractivity contribution in [1.82, 2.24) is 10.2 Å². The molecule has 0 fully saturated rings. The minimum Gasteiger partial charge on any atom is -0.278 e. The van der Waals surface area contributed by atoms with Crippen LogP contribution in [0.2, 0.25) is 5.02 Å². The molecule has 0 aliphatic heterocycles. The number of aromatic amines is 1. The lowest BCUT2D eigenvalue weighted by molar-refractivity contribution is 1.12. The number of aromatic nitrogens is 2. The molecule has 0 aliphatic rings. The summed E-state index contributed by atoms with van der Waals surface area (Å²) in [7, 11) is 0. The lowest BCUT2D eigenvalue weighted by Crippen LogP contribution is -1.70. The van der Waals surface area contributed by atoms with Gasteiger partial charge in [-0.3, -0.25) is 5.10 Å². The first-order valence-electron chi connectivity index (χ1n) is 3.28. The quantitative estimate of drug-likeness (QED) is 0.688. The third kappa shape index (κ3) is 0.887. The summed E-state index contributed by atoms with van der Waals surface area (Å²) in [5, 5.41) is 10.3. The van der Waals surface area contributed by atoms with Crippen LogP contribution in [0.4, 0.5) is 5.69 Å². The van der Waals surface area contributed by atoms with Crippen LogP contribution in [-0.4, -0.2) is 10.2 Å². The smallest absolute Gasteiger partial charge is 0.137 e. The van der Waals surface area contributed by atoms with Gasteiger partial charge in [0.25, 0.3) is 0 Å². The highest BCUT2D eigenvalue weighted by atomic mass is 35.5. The molecular weight excluding hydrogens is 178 g/mol. The maximum Gasteiger partial charge on any atom is 0.137 e. The number of nitrogens with one attached hydrogen (secondary N) is 1. The second-order valence-corrected chi connectivity index (χ2v) is 2.73. The molecule has 1 heterocycles. The zero-order valence-electron chi connectivity index (χ0n) is 5.91. The van der Waals surface area contributed by atoms with Gasteiger partial charge in [-0.15, -0.1) is 4.91 Å². The summed E-state index contributed by atoms with van der Waals surface area (Å²) in [6.07, 6.45) is 1.53. The Balaban J connectivity index is 2.91. The van der Waals surface area contributed by atoms with E-state index in [1.807, 2.05) is 0 Å². The molecule has 0 saturated heterocycles. The standard InChI is InChI=1S/C7H4ClN3O/c8-5-1-2-6-4(3-9-10-6)7(5)11-12/h1-3H,(H,9,10). The average molecular weight is 182 g/mol. The minimum atomic E-state index is 0.239. The van der Waals surface area contributed by atoms with Gasteiger partial charge in [-0.05, 0) is 17.3 Å². The number of nitrogens with zero attached hydrogens (tertiary/aromatic N) is 2. The molecule has 0 aliphatic carbocycles. The number of hydrogen-bond donors (Lipinski definition) is 1. The summed E-state index contributed by atoms with van der Waals surface area (Å²) < 4.78 is 0. The van der Waals surface area contributed by atoms with Gasteiger partial charge in [0.1, 0.15) is 5.69 Å². The summed E-state index contributed by atoms with van der Waals surface area (Å²) in [5.74, 6) is 0. The van der Waals surface area contributed by atoms with Gasteiger partial charge < -0.3 is 0 Å². The Morgan fingerprint density at radius 3 is 3.08 bits per heavy atom. The maximum absolute atomic E-state index is 10.4. The second kappa shape index (κ2) is 2.57. The molecule has 5 heteroatoms. The Kier molecular flexibility index (Phi) is 1.55. The van der Waals surface area contributed by atoms with Crippen molar-refractivity contribution in [3.8, 4) is 0 Å². The first kappa shape index (κ1) is 7.24. The topological polar surface area (TPSA) is 58.1 Å². The summed E-state index contributed by atoms with van der Waals surface area (Å²) in [6.45, 7) is 0. The van der Waals surface area contributed by atoms with Crippen LogP contribution in [0.15, 0.2) is 23.5 Å². The molecule has 1 aromatic heterocycles. The van der Waals surface area contributed by atoms with E-state index in [0.717, 1.165) is 5.52 Å². The van der Waals surface area contributed by atoms with Crippen LogP contribution in [0.25, 0.3) is 10.9 Å². The zero-order chi connectivity index (χ0) is 8.55. The molecule has 12 heavy (non-hydrogen) atoms. The molecule has 0 spiro atoms. The summed E-state index contributed by atoms with van der Waals surface area (Å²) in [6, 6.07) is 3.36. The van der Waals surface area contributed by atoms with E-state index in [0.29, 0.717) is 10.4 Å². The molecule has 1 aromatic carbocycles. The zero-order valence-corrected chi connectivity index (χ0v) is 6.67. The van der Waals surface area contributed by atoms with E-state index < -0.39 is 0 Å². The molecule has 60 valence electrons. The van der Waals surface area contributed by atoms with E-state index >= 15 is 0 Å². The van der Waals surface area contributed by atoms with Crippen LogP contribution in [0, 0.1) is 4.91 Å². The van der Waals surface area contributed by atoms with E-state index in [-0.39, 0.29) is 5.69 Å². The van der Waals surface area contributed by atoms with Crippen LogP contribution >= 0.6 is 11.6 Å². The number of halogens is 1. The Morgan fingerprint density at radius 2 is 2.33 bits per heavy atom. The molecule has 1 N–H and O–H groups in total. The Labute approximate surface area is 72.5 Å². The number of fused-ring (bicyclic) bond motifs is 1. The monoisotopic (exact) mass is 181 g/mol. The van der Waals surface area contributed by atoms with Gasteiger partial charge in [-0.1, -0.05) is 11.6 Å². The number of hydrogen-bond acceptors (Lipinski definition) is 3.